The zero-order chi connectivity index (χ0) is 13.0. The summed E-state index contributed by atoms with van der Waals surface area (Å²) in [7, 11) is 0. The van der Waals surface area contributed by atoms with E-state index in [1.54, 1.807) is 12.1 Å². The van der Waals surface area contributed by atoms with Gasteiger partial charge in [-0.25, -0.2) is 0 Å². The van der Waals surface area contributed by atoms with E-state index < -0.39 is 0 Å². The van der Waals surface area contributed by atoms with E-state index in [9.17, 15) is 9.90 Å². The maximum atomic E-state index is 11.0. The fourth-order valence-corrected chi connectivity index (χ4v) is 2.37. The summed E-state index contributed by atoms with van der Waals surface area (Å²) in [4.78, 5) is 12.9. The number of phenolic OH excluding ortho intramolecular Hbond substituents is 1. The van der Waals surface area contributed by atoms with Gasteiger partial charge in [0, 0.05) is 19.3 Å². The highest BCUT2D eigenvalue weighted by Gasteiger charge is 2.18. The second-order valence-electron chi connectivity index (χ2n) is 3.83. The van der Waals surface area contributed by atoms with Gasteiger partial charge in [0.1, 0.15) is 5.75 Å². The van der Waals surface area contributed by atoms with Gasteiger partial charge >= 0.3 is 0 Å². The third-order valence-corrected chi connectivity index (χ3v) is 3.27. The minimum Gasteiger partial charge on any atom is -0.508 e. The van der Waals surface area contributed by atoms with E-state index in [-0.39, 0.29) is 17.2 Å². The molecule has 1 heterocycles. The predicted molar refractivity (Wildman–Crippen MR) is 73.3 cm³/mol. The number of rotatable bonds is 3. The number of carbonyl (C=O) groups excluding carboxylic acids is 1. The second kappa shape index (κ2) is 5.64. The molecule has 0 saturated carbocycles. The van der Waals surface area contributed by atoms with Crippen molar-refractivity contribution in [3.8, 4) is 5.75 Å². The molecule has 1 aliphatic rings. The first kappa shape index (κ1) is 12.6. The van der Waals surface area contributed by atoms with Crippen molar-refractivity contribution in [2.45, 2.75) is 12.4 Å². The molecule has 0 aliphatic carbocycles. The molecule has 0 saturated heterocycles. The summed E-state index contributed by atoms with van der Waals surface area (Å²) < 4.78 is 0. The van der Waals surface area contributed by atoms with Gasteiger partial charge in [-0.3, -0.25) is 4.79 Å². The molecule has 1 aromatic carbocycles. The van der Waals surface area contributed by atoms with Crippen LogP contribution >= 0.6 is 11.8 Å². The third kappa shape index (κ3) is 3.30. The van der Waals surface area contributed by atoms with Crippen LogP contribution in [0, 0.1) is 0 Å². The lowest BCUT2D eigenvalue weighted by atomic mass is 10.2. The van der Waals surface area contributed by atoms with Gasteiger partial charge in [0.2, 0.25) is 5.91 Å². The summed E-state index contributed by atoms with van der Waals surface area (Å²) >= 11 is 1.54. The molecule has 1 amide bonds. The SMILES string of the molecule is CC(=O)NC1SC=CN1/C=C/c1ccc(O)cc1. The average molecular weight is 262 g/mol. The Morgan fingerprint density at radius 1 is 1.44 bits per heavy atom. The van der Waals surface area contributed by atoms with Gasteiger partial charge in [-0.2, -0.15) is 0 Å². The minimum absolute atomic E-state index is 0.0563. The van der Waals surface area contributed by atoms with E-state index in [0.717, 1.165) is 5.56 Å². The first-order valence-electron chi connectivity index (χ1n) is 5.49. The van der Waals surface area contributed by atoms with Crippen LogP contribution in [0.3, 0.4) is 0 Å². The summed E-state index contributed by atoms with van der Waals surface area (Å²) in [5, 5.41) is 13.9. The average Bonchev–Trinajstić information content (AvgIpc) is 2.75. The van der Waals surface area contributed by atoms with Gasteiger partial charge in [0.15, 0.2) is 5.50 Å². The molecule has 0 bridgehead atoms. The van der Waals surface area contributed by atoms with Crippen molar-refractivity contribution in [1.82, 2.24) is 10.2 Å². The number of phenols is 1. The molecule has 5 heteroatoms. The van der Waals surface area contributed by atoms with E-state index in [2.05, 4.69) is 5.32 Å². The Bertz CT molecular complexity index is 482. The number of hydrogen-bond donors (Lipinski definition) is 2. The fraction of sp³-hybridized carbons (Fsp3) is 0.154. The molecular formula is C13H14N2O2S. The van der Waals surface area contributed by atoms with Crippen molar-refractivity contribution in [3.63, 3.8) is 0 Å². The smallest absolute Gasteiger partial charge is 0.219 e. The highest BCUT2D eigenvalue weighted by atomic mass is 32.2. The van der Waals surface area contributed by atoms with E-state index in [4.69, 9.17) is 0 Å². The molecule has 4 nitrogen and oxygen atoms in total. The molecule has 0 aromatic heterocycles. The molecule has 1 aliphatic heterocycles. The maximum Gasteiger partial charge on any atom is 0.219 e. The molecule has 2 rings (SSSR count). The van der Waals surface area contributed by atoms with Gasteiger partial charge in [0.05, 0.1) is 0 Å². The predicted octanol–water partition coefficient (Wildman–Crippen LogP) is 2.30. The van der Waals surface area contributed by atoms with E-state index in [1.165, 1.54) is 18.7 Å². The number of hydrogen-bond acceptors (Lipinski definition) is 4. The van der Waals surface area contributed by atoms with Crippen LogP contribution in [0.25, 0.3) is 6.08 Å². The number of benzene rings is 1. The van der Waals surface area contributed by atoms with Gasteiger partial charge in [-0.1, -0.05) is 23.9 Å². The normalized spacial score (nSPS) is 18.5. The first-order valence-corrected chi connectivity index (χ1v) is 6.43. The number of carbonyl (C=O) groups is 1. The Hall–Kier alpha value is -1.88. The van der Waals surface area contributed by atoms with E-state index in [1.807, 2.05) is 40.9 Å². The fourth-order valence-electron chi connectivity index (χ4n) is 1.50. The molecule has 94 valence electrons. The van der Waals surface area contributed by atoms with Gasteiger partial charge in [-0.05, 0) is 29.2 Å². The molecule has 0 fully saturated rings. The second-order valence-corrected chi connectivity index (χ2v) is 4.82. The van der Waals surface area contributed by atoms with Crippen molar-refractivity contribution in [1.29, 1.82) is 0 Å². The van der Waals surface area contributed by atoms with Crippen molar-refractivity contribution in [3.05, 3.63) is 47.6 Å². The highest BCUT2D eigenvalue weighted by Crippen LogP contribution is 2.23. The van der Waals surface area contributed by atoms with Gasteiger partial charge < -0.3 is 15.3 Å². The summed E-state index contributed by atoms with van der Waals surface area (Å²) in [5.74, 6) is 0.194. The molecule has 1 unspecified atom stereocenters. The lowest BCUT2D eigenvalue weighted by molar-refractivity contribution is -0.119. The van der Waals surface area contributed by atoms with E-state index >= 15 is 0 Å². The molecule has 2 N–H and O–H groups in total. The summed E-state index contributed by atoms with van der Waals surface area (Å²) in [5.41, 5.74) is 0.899. The molecule has 18 heavy (non-hydrogen) atoms. The van der Waals surface area contributed by atoms with Crippen molar-refractivity contribution in [2.24, 2.45) is 0 Å². The van der Waals surface area contributed by atoms with Crippen LogP contribution in [0.5, 0.6) is 5.75 Å². The third-order valence-electron chi connectivity index (χ3n) is 2.37. The quantitative estimate of drug-likeness (QED) is 0.877. The molecule has 1 atom stereocenters. The van der Waals surface area contributed by atoms with Crippen molar-refractivity contribution < 1.29 is 9.90 Å². The Morgan fingerprint density at radius 2 is 2.17 bits per heavy atom. The van der Waals surface area contributed by atoms with Crippen LogP contribution in [-0.2, 0) is 4.79 Å². The largest absolute Gasteiger partial charge is 0.508 e. The molecular weight excluding hydrogens is 248 g/mol. The lowest BCUT2D eigenvalue weighted by Gasteiger charge is -2.21. The Morgan fingerprint density at radius 3 is 2.83 bits per heavy atom. The molecule has 0 radical (unpaired) electrons. The van der Waals surface area contributed by atoms with Crippen molar-refractivity contribution in [2.75, 3.05) is 0 Å². The number of amides is 1. The number of aromatic hydroxyl groups is 1. The summed E-state index contributed by atoms with van der Waals surface area (Å²) in [6, 6.07) is 6.93. The molecule has 0 spiro atoms. The zero-order valence-electron chi connectivity index (χ0n) is 9.91. The van der Waals surface area contributed by atoms with Crippen LogP contribution in [0.15, 0.2) is 42.1 Å². The summed E-state index contributed by atoms with van der Waals surface area (Å²) in [6.07, 6.45) is 5.72. The Labute approximate surface area is 110 Å². The van der Waals surface area contributed by atoms with Crippen molar-refractivity contribution >= 4 is 23.7 Å². The van der Waals surface area contributed by atoms with Crippen LogP contribution in [0.2, 0.25) is 0 Å². The van der Waals surface area contributed by atoms with Crippen LogP contribution in [0.4, 0.5) is 0 Å². The minimum atomic E-state index is -0.0872. The monoisotopic (exact) mass is 262 g/mol. The first-order chi connectivity index (χ1) is 8.65. The standard InChI is InChI=1S/C13H14N2O2S/c1-10(16)14-13-15(8-9-18-13)7-6-11-2-4-12(17)5-3-11/h2-9,13,17H,1H3,(H,14,16)/b7-6+. The van der Waals surface area contributed by atoms with Gasteiger partial charge in [-0.15, -0.1) is 0 Å². The zero-order valence-corrected chi connectivity index (χ0v) is 10.7. The highest BCUT2D eigenvalue weighted by molar-refractivity contribution is 8.02. The lowest BCUT2D eigenvalue weighted by Crippen LogP contribution is -2.37. The van der Waals surface area contributed by atoms with E-state index in [0.29, 0.717) is 0 Å². The topological polar surface area (TPSA) is 52.6 Å². The maximum absolute atomic E-state index is 11.0. The number of nitrogens with zero attached hydrogens (tertiary/aromatic N) is 1. The van der Waals surface area contributed by atoms with Crippen LogP contribution in [0.1, 0.15) is 12.5 Å². The molecule has 1 aromatic rings. The summed E-state index contributed by atoms with van der Waals surface area (Å²) in [6.45, 7) is 1.50. The van der Waals surface area contributed by atoms with Crippen LogP contribution < -0.4 is 5.32 Å². The number of nitrogens with one attached hydrogen (secondary N) is 1. The van der Waals surface area contributed by atoms with Gasteiger partial charge in [0.25, 0.3) is 0 Å². The Balaban J connectivity index is 2.01. The van der Waals surface area contributed by atoms with Crippen LogP contribution in [-0.4, -0.2) is 21.4 Å². The number of thioether (sulfide) groups is 1. The Kier molecular flexibility index (Phi) is 3.94.